The minimum atomic E-state index is -0.473. The van der Waals surface area contributed by atoms with Crippen LogP contribution >= 0.6 is 0 Å². The second-order valence-electron chi connectivity index (χ2n) is 4.13. The Kier molecular flexibility index (Phi) is 4.14. The van der Waals surface area contributed by atoms with E-state index in [0.717, 1.165) is 0 Å². The number of nitrogens with zero attached hydrogens (tertiary/aromatic N) is 3. The van der Waals surface area contributed by atoms with Crippen LogP contribution in [0.2, 0.25) is 0 Å². The van der Waals surface area contributed by atoms with Gasteiger partial charge in [-0.2, -0.15) is 0 Å². The van der Waals surface area contributed by atoms with Gasteiger partial charge in [0, 0.05) is 18.7 Å². The molecule has 2 rings (SSSR count). The summed E-state index contributed by atoms with van der Waals surface area (Å²) < 4.78 is 4.94. The van der Waals surface area contributed by atoms with E-state index in [0.29, 0.717) is 30.4 Å². The molecule has 0 saturated heterocycles. The fraction of sp³-hybridized carbons (Fsp3) is 0.333. The van der Waals surface area contributed by atoms with E-state index in [1.54, 1.807) is 19.1 Å². The zero-order valence-electron chi connectivity index (χ0n) is 11.2. The van der Waals surface area contributed by atoms with Crippen LogP contribution in [0.4, 0.5) is 17.3 Å². The first kappa shape index (κ1) is 13.8. The minimum absolute atomic E-state index is 0.0770. The first-order valence-electron chi connectivity index (χ1n) is 6.15. The molecule has 0 amide bonds. The summed E-state index contributed by atoms with van der Waals surface area (Å²) in [5, 5.41) is 20.7. The molecule has 2 heterocycles. The van der Waals surface area contributed by atoms with Crippen LogP contribution in [0.1, 0.15) is 18.4 Å². The topological polar surface area (TPSA) is 106 Å². The third kappa shape index (κ3) is 3.22. The van der Waals surface area contributed by atoms with Crippen LogP contribution in [0.5, 0.6) is 0 Å². The maximum Gasteiger partial charge on any atom is 0.311 e. The largest absolute Gasteiger partial charge is 0.370 e. The van der Waals surface area contributed by atoms with Gasteiger partial charge in [-0.1, -0.05) is 5.16 Å². The summed E-state index contributed by atoms with van der Waals surface area (Å²) in [6.07, 6.45) is 0. The van der Waals surface area contributed by atoms with Crippen molar-refractivity contribution < 1.29 is 9.45 Å². The van der Waals surface area contributed by atoms with Crippen LogP contribution in [0.3, 0.4) is 0 Å². The SMILES string of the molecule is CCNc1ccc([N+](=O)[O-])c(NCc2cc(C)on2)n1. The Labute approximate surface area is 115 Å². The van der Waals surface area contributed by atoms with Gasteiger partial charge in [0.15, 0.2) is 0 Å². The fourth-order valence-corrected chi connectivity index (χ4v) is 1.68. The second kappa shape index (κ2) is 6.00. The van der Waals surface area contributed by atoms with E-state index in [1.165, 1.54) is 6.07 Å². The monoisotopic (exact) mass is 277 g/mol. The van der Waals surface area contributed by atoms with E-state index in [2.05, 4.69) is 20.8 Å². The molecule has 8 heteroatoms. The van der Waals surface area contributed by atoms with Crippen molar-refractivity contribution in [3.05, 3.63) is 39.8 Å². The maximum atomic E-state index is 11.0. The standard InChI is InChI=1S/C12H15N5O3/c1-3-13-11-5-4-10(17(18)19)12(15-11)14-7-9-6-8(2)20-16-9/h4-6H,3,7H2,1-2H3,(H2,13,14,15). The molecule has 2 aromatic heterocycles. The fourth-order valence-electron chi connectivity index (χ4n) is 1.68. The number of pyridine rings is 1. The first-order valence-corrected chi connectivity index (χ1v) is 6.15. The Bertz CT molecular complexity index is 611. The molecule has 106 valence electrons. The molecule has 0 radical (unpaired) electrons. The minimum Gasteiger partial charge on any atom is -0.370 e. The third-order valence-corrected chi connectivity index (χ3v) is 2.54. The predicted molar refractivity (Wildman–Crippen MR) is 73.6 cm³/mol. The number of rotatable bonds is 6. The molecular weight excluding hydrogens is 262 g/mol. The molecule has 8 nitrogen and oxygen atoms in total. The smallest absolute Gasteiger partial charge is 0.311 e. The zero-order chi connectivity index (χ0) is 14.5. The molecule has 0 unspecified atom stereocenters. The van der Waals surface area contributed by atoms with Gasteiger partial charge in [-0.3, -0.25) is 10.1 Å². The normalized spacial score (nSPS) is 10.3. The maximum absolute atomic E-state index is 11.0. The summed E-state index contributed by atoms with van der Waals surface area (Å²) in [5.41, 5.74) is 0.583. The van der Waals surface area contributed by atoms with Crippen molar-refractivity contribution in [3.63, 3.8) is 0 Å². The van der Waals surface area contributed by atoms with E-state index in [9.17, 15) is 10.1 Å². The number of hydrogen-bond donors (Lipinski definition) is 2. The summed E-state index contributed by atoms with van der Waals surface area (Å²) in [4.78, 5) is 14.7. The second-order valence-corrected chi connectivity index (χ2v) is 4.13. The highest BCUT2D eigenvalue weighted by Crippen LogP contribution is 2.24. The highest BCUT2D eigenvalue weighted by atomic mass is 16.6. The molecule has 0 aromatic carbocycles. The Morgan fingerprint density at radius 1 is 1.40 bits per heavy atom. The van der Waals surface area contributed by atoms with Crippen LogP contribution in [-0.4, -0.2) is 21.6 Å². The van der Waals surface area contributed by atoms with E-state index >= 15 is 0 Å². The van der Waals surface area contributed by atoms with Crippen molar-refractivity contribution in [1.82, 2.24) is 10.1 Å². The molecule has 0 aliphatic rings. The number of anilines is 2. The Morgan fingerprint density at radius 2 is 2.20 bits per heavy atom. The summed E-state index contributed by atoms with van der Waals surface area (Å²) in [5.74, 6) is 1.47. The molecule has 0 fully saturated rings. The van der Waals surface area contributed by atoms with E-state index < -0.39 is 4.92 Å². The van der Waals surface area contributed by atoms with Gasteiger partial charge >= 0.3 is 5.69 Å². The molecule has 0 atom stereocenters. The van der Waals surface area contributed by atoms with Gasteiger partial charge in [0.05, 0.1) is 11.5 Å². The number of hydrogen-bond acceptors (Lipinski definition) is 7. The van der Waals surface area contributed by atoms with E-state index in [4.69, 9.17) is 4.52 Å². The molecule has 0 spiro atoms. The van der Waals surface area contributed by atoms with Gasteiger partial charge in [0.2, 0.25) is 5.82 Å². The summed E-state index contributed by atoms with van der Waals surface area (Å²) in [6.45, 7) is 4.70. The van der Waals surface area contributed by atoms with Crippen molar-refractivity contribution in [1.29, 1.82) is 0 Å². The van der Waals surface area contributed by atoms with Crippen LogP contribution < -0.4 is 10.6 Å². The molecule has 2 N–H and O–H groups in total. The van der Waals surface area contributed by atoms with Crippen LogP contribution in [-0.2, 0) is 6.54 Å². The zero-order valence-corrected chi connectivity index (χ0v) is 11.2. The summed E-state index contributed by atoms with van der Waals surface area (Å²) in [6, 6.07) is 4.75. The third-order valence-electron chi connectivity index (χ3n) is 2.54. The predicted octanol–water partition coefficient (Wildman–Crippen LogP) is 2.33. The number of aromatic nitrogens is 2. The number of nitrogens with one attached hydrogen (secondary N) is 2. The van der Waals surface area contributed by atoms with Crippen LogP contribution in [0.25, 0.3) is 0 Å². The Hall–Kier alpha value is -2.64. The van der Waals surface area contributed by atoms with E-state index in [1.807, 2.05) is 6.92 Å². The molecule has 2 aromatic rings. The first-order chi connectivity index (χ1) is 9.60. The number of nitro groups is 1. The highest BCUT2D eigenvalue weighted by molar-refractivity contribution is 5.60. The Balaban J connectivity index is 2.18. The number of aryl methyl sites for hydroxylation is 1. The average molecular weight is 277 g/mol. The lowest BCUT2D eigenvalue weighted by Crippen LogP contribution is -2.07. The molecule has 0 saturated carbocycles. The van der Waals surface area contributed by atoms with Crippen molar-refractivity contribution in [2.75, 3.05) is 17.2 Å². The molecule has 20 heavy (non-hydrogen) atoms. The molecule has 0 bridgehead atoms. The lowest BCUT2D eigenvalue weighted by atomic mass is 10.3. The van der Waals surface area contributed by atoms with Gasteiger partial charge in [0.25, 0.3) is 0 Å². The van der Waals surface area contributed by atoms with E-state index in [-0.39, 0.29) is 11.5 Å². The quantitative estimate of drug-likeness (QED) is 0.616. The van der Waals surface area contributed by atoms with Gasteiger partial charge in [-0.15, -0.1) is 0 Å². The molecular formula is C12H15N5O3. The van der Waals surface area contributed by atoms with Crippen molar-refractivity contribution in [2.45, 2.75) is 20.4 Å². The van der Waals surface area contributed by atoms with Crippen molar-refractivity contribution >= 4 is 17.3 Å². The van der Waals surface area contributed by atoms with Gasteiger partial charge in [-0.05, 0) is 19.9 Å². The lowest BCUT2D eigenvalue weighted by Gasteiger charge is -2.07. The summed E-state index contributed by atoms with van der Waals surface area (Å²) >= 11 is 0. The van der Waals surface area contributed by atoms with Gasteiger partial charge in [0.1, 0.15) is 17.3 Å². The van der Waals surface area contributed by atoms with Crippen molar-refractivity contribution in [3.8, 4) is 0 Å². The van der Waals surface area contributed by atoms with Gasteiger partial charge < -0.3 is 15.2 Å². The van der Waals surface area contributed by atoms with Gasteiger partial charge in [-0.25, -0.2) is 4.98 Å². The molecule has 0 aliphatic carbocycles. The highest BCUT2D eigenvalue weighted by Gasteiger charge is 2.16. The van der Waals surface area contributed by atoms with Crippen molar-refractivity contribution in [2.24, 2.45) is 0 Å². The van der Waals surface area contributed by atoms with Crippen LogP contribution in [0, 0.1) is 17.0 Å². The lowest BCUT2D eigenvalue weighted by molar-refractivity contribution is -0.384. The summed E-state index contributed by atoms with van der Waals surface area (Å²) in [7, 11) is 0. The van der Waals surface area contributed by atoms with Crippen LogP contribution in [0.15, 0.2) is 22.7 Å². The average Bonchev–Trinajstić information content (AvgIpc) is 2.82. The Morgan fingerprint density at radius 3 is 2.80 bits per heavy atom. The molecule has 0 aliphatic heterocycles.